The van der Waals surface area contributed by atoms with E-state index >= 15 is 0 Å². The number of ether oxygens (including phenoxy) is 1. The molecule has 2 N–H and O–H groups in total. The third-order valence-electron chi connectivity index (χ3n) is 3.79. The van der Waals surface area contributed by atoms with Gasteiger partial charge in [-0.05, 0) is 18.2 Å². The highest BCUT2D eigenvalue weighted by Gasteiger charge is 2.19. The number of amides is 1. The average Bonchev–Trinajstić information content (AvgIpc) is 3.23. The fourth-order valence-electron chi connectivity index (χ4n) is 2.59. The molecule has 0 aliphatic heterocycles. The van der Waals surface area contributed by atoms with Gasteiger partial charge in [-0.2, -0.15) is 5.10 Å². The number of nitrogens with one attached hydrogen (secondary N) is 2. The molecule has 4 rings (SSSR count). The van der Waals surface area contributed by atoms with E-state index in [-0.39, 0.29) is 11.4 Å². The maximum absolute atomic E-state index is 12.6. The van der Waals surface area contributed by atoms with Crippen LogP contribution in [0.5, 0.6) is 5.75 Å². The fraction of sp³-hybridized carbons (Fsp3) is 0.0625. The minimum Gasteiger partial charge on any atom is -0.494 e. The summed E-state index contributed by atoms with van der Waals surface area (Å²) in [4.78, 5) is 27.4. The molecule has 0 spiro atoms. The van der Waals surface area contributed by atoms with Crippen molar-refractivity contribution in [3.63, 3.8) is 0 Å². The molecule has 26 heavy (non-hydrogen) atoms. The first-order valence-corrected chi connectivity index (χ1v) is 8.26. The molecule has 4 aromatic rings. The Labute approximate surface area is 149 Å². The molecule has 0 aliphatic rings. The first-order chi connectivity index (χ1) is 12.6. The van der Waals surface area contributed by atoms with Crippen molar-refractivity contribution in [2.75, 3.05) is 12.4 Å². The number of aromatic nitrogens is 3. The van der Waals surface area contributed by atoms with E-state index < -0.39 is 10.8 Å². The molecule has 10 heteroatoms. The van der Waals surface area contributed by atoms with E-state index in [1.165, 1.54) is 29.5 Å². The summed E-state index contributed by atoms with van der Waals surface area (Å²) in [5.41, 5.74) is 1.14. The number of anilines is 1. The number of hydrogen-bond acceptors (Lipinski definition) is 7. The van der Waals surface area contributed by atoms with Crippen molar-refractivity contribution in [2.24, 2.45) is 0 Å². The quantitative estimate of drug-likeness (QED) is 0.420. The van der Waals surface area contributed by atoms with Crippen LogP contribution in [0.2, 0.25) is 0 Å². The third kappa shape index (κ3) is 2.62. The molecule has 2 heterocycles. The molecule has 1 amide bonds. The first kappa shape index (κ1) is 16.0. The van der Waals surface area contributed by atoms with E-state index in [2.05, 4.69) is 20.5 Å². The Balaban J connectivity index is 1.69. The second kappa shape index (κ2) is 6.08. The highest BCUT2D eigenvalue weighted by molar-refractivity contribution is 7.22. The maximum Gasteiger partial charge on any atom is 0.278 e. The number of fused-ring (bicyclic) bond motifs is 2. The third-order valence-corrected chi connectivity index (χ3v) is 4.73. The van der Waals surface area contributed by atoms with E-state index in [1.54, 1.807) is 13.2 Å². The van der Waals surface area contributed by atoms with E-state index in [0.29, 0.717) is 27.3 Å². The van der Waals surface area contributed by atoms with Crippen molar-refractivity contribution in [1.82, 2.24) is 15.2 Å². The molecule has 0 radical (unpaired) electrons. The normalized spacial score (nSPS) is 11.0. The van der Waals surface area contributed by atoms with Gasteiger partial charge < -0.3 is 4.74 Å². The Morgan fingerprint density at radius 2 is 2.19 bits per heavy atom. The van der Waals surface area contributed by atoms with Crippen LogP contribution in [0.25, 0.3) is 21.1 Å². The van der Waals surface area contributed by atoms with Crippen molar-refractivity contribution in [2.45, 2.75) is 0 Å². The number of hydrogen-bond donors (Lipinski definition) is 2. The van der Waals surface area contributed by atoms with Crippen LogP contribution in [-0.2, 0) is 0 Å². The topological polar surface area (TPSA) is 123 Å². The fourth-order valence-corrected chi connectivity index (χ4v) is 3.46. The van der Waals surface area contributed by atoms with Gasteiger partial charge >= 0.3 is 0 Å². The number of benzene rings is 2. The number of nitrogens with zero attached hydrogens (tertiary/aromatic N) is 3. The highest BCUT2D eigenvalue weighted by atomic mass is 32.1. The molecule has 0 bridgehead atoms. The molecule has 2 aromatic heterocycles. The Morgan fingerprint density at radius 1 is 1.35 bits per heavy atom. The summed E-state index contributed by atoms with van der Waals surface area (Å²) in [6.07, 6.45) is 0. The van der Waals surface area contributed by atoms with Crippen LogP contribution in [0.1, 0.15) is 10.5 Å². The average molecular weight is 369 g/mol. The smallest absolute Gasteiger partial charge is 0.278 e. The van der Waals surface area contributed by atoms with Crippen molar-refractivity contribution in [1.29, 1.82) is 0 Å². The molecule has 130 valence electrons. The lowest BCUT2D eigenvalue weighted by Crippen LogP contribution is -2.12. The number of para-hydroxylation sites is 1. The van der Waals surface area contributed by atoms with Gasteiger partial charge in [-0.25, -0.2) is 4.98 Å². The van der Waals surface area contributed by atoms with Gasteiger partial charge in [-0.3, -0.25) is 25.3 Å². The molecular weight excluding hydrogens is 358 g/mol. The summed E-state index contributed by atoms with van der Waals surface area (Å²) in [6, 6.07) is 9.68. The van der Waals surface area contributed by atoms with E-state index in [9.17, 15) is 14.9 Å². The van der Waals surface area contributed by atoms with Gasteiger partial charge in [0.1, 0.15) is 11.3 Å². The number of non-ortho nitro benzene ring substituents is 1. The summed E-state index contributed by atoms with van der Waals surface area (Å²) >= 11 is 1.30. The largest absolute Gasteiger partial charge is 0.494 e. The van der Waals surface area contributed by atoms with E-state index in [0.717, 1.165) is 4.70 Å². The molecule has 0 saturated carbocycles. The Bertz CT molecular complexity index is 1170. The number of thiazole rings is 1. The number of aromatic amines is 1. The maximum atomic E-state index is 12.6. The lowest BCUT2D eigenvalue weighted by atomic mass is 10.2. The van der Waals surface area contributed by atoms with Crippen molar-refractivity contribution in [3.05, 3.63) is 52.2 Å². The number of methoxy groups -OCH3 is 1. The summed E-state index contributed by atoms with van der Waals surface area (Å²) in [5.74, 6) is 0.106. The molecule has 0 atom stereocenters. The molecule has 0 unspecified atom stereocenters. The summed E-state index contributed by atoms with van der Waals surface area (Å²) in [6.45, 7) is 0. The van der Waals surface area contributed by atoms with Gasteiger partial charge in [0.05, 0.1) is 22.2 Å². The van der Waals surface area contributed by atoms with Crippen LogP contribution in [0.4, 0.5) is 10.8 Å². The zero-order chi connectivity index (χ0) is 18.3. The molecule has 0 fully saturated rings. The number of nitro benzene ring substituents is 1. The molecule has 9 nitrogen and oxygen atoms in total. The van der Waals surface area contributed by atoms with Gasteiger partial charge in [-0.1, -0.05) is 17.4 Å². The molecule has 0 saturated heterocycles. The minimum absolute atomic E-state index is 0.0647. The SMILES string of the molecule is COc1cccc2sc(NC(=O)c3n[nH]c4ccc([N+](=O)[O-])cc34)nc12. The van der Waals surface area contributed by atoms with Crippen LogP contribution in [0, 0.1) is 10.1 Å². The summed E-state index contributed by atoms with van der Waals surface area (Å²) < 4.78 is 6.12. The lowest BCUT2D eigenvalue weighted by molar-refractivity contribution is -0.384. The number of rotatable bonds is 4. The van der Waals surface area contributed by atoms with Gasteiger partial charge in [0.25, 0.3) is 11.6 Å². The number of carbonyl (C=O) groups is 1. The second-order valence-corrected chi connectivity index (χ2v) is 6.37. The molecular formula is C16H11N5O4S. The highest BCUT2D eigenvalue weighted by Crippen LogP contribution is 2.32. The Morgan fingerprint density at radius 3 is 2.96 bits per heavy atom. The van der Waals surface area contributed by atoms with Gasteiger partial charge in [0.15, 0.2) is 10.8 Å². The Kier molecular flexibility index (Phi) is 3.73. The molecule has 0 aliphatic carbocycles. The summed E-state index contributed by atoms with van der Waals surface area (Å²) in [5, 5.41) is 21.1. The van der Waals surface area contributed by atoms with Crippen LogP contribution < -0.4 is 10.1 Å². The predicted molar refractivity (Wildman–Crippen MR) is 96.9 cm³/mol. The standard InChI is InChI=1S/C16H11N5O4S/c1-25-11-3-2-4-12-14(11)17-16(26-12)18-15(22)13-9-7-8(21(23)24)5-6-10(9)19-20-13/h2-7H,1H3,(H,19,20)(H,17,18,22). The van der Waals surface area contributed by atoms with Gasteiger partial charge in [0, 0.05) is 17.5 Å². The van der Waals surface area contributed by atoms with Crippen molar-refractivity contribution < 1.29 is 14.5 Å². The minimum atomic E-state index is -0.520. The Hall–Kier alpha value is -3.53. The number of nitro groups is 1. The van der Waals surface area contributed by atoms with Gasteiger partial charge in [-0.15, -0.1) is 0 Å². The first-order valence-electron chi connectivity index (χ1n) is 7.44. The zero-order valence-electron chi connectivity index (χ0n) is 13.3. The lowest BCUT2D eigenvalue weighted by Gasteiger charge is -1.99. The van der Waals surface area contributed by atoms with Crippen LogP contribution in [0.15, 0.2) is 36.4 Å². The monoisotopic (exact) mass is 369 g/mol. The van der Waals surface area contributed by atoms with Crippen LogP contribution >= 0.6 is 11.3 Å². The second-order valence-electron chi connectivity index (χ2n) is 5.34. The zero-order valence-corrected chi connectivity index (χ0v) is 14.2. The van der Waals surface area contributed by atoms with Gasteiger partial charge in [0.2, 0.25) is 0 Å². The van der Waals surface area contributed by atoms with Crippen molar-refractivity contribution >= 4 is 49.2 Å². The van der Waals surface area contributed by atoms with Crippen LogP contribution in [-0.4, -0.2) is 33.1 Å². The number of H-pyrrole nitrogens is 1. The van der Waals surface area contributed by atoms with Crippen molar-refractivity contribution in [3.8, 4) is 5.75 Å². The van der Waals surface area contributed by atoms with E-state index in [1.807, 2.05) is 12.1 Å². The van der Waals surface area contributed by atoms with Crippen LogP contribution in [0.3, 0.4) is 0 Å². The summed E-state index contributed by atoms with van der Waals surface area (Å²) in [7, 11) is 1.55. The predicted octanol–water partition coefficient (Wildman–Crippen LogP) is 3.34. The number of carbonyl (C=O) groups excluding carboxylic acids is 1. The van der Waals surface area contributed by atoms with E-state index in [4.69, 9.17) is 4.74 Å². The molecule has 2 aromatic carbocycles.